The summed E-state index contributed by atoms with van der Waals surface area (Å²) >= 11 is 0. The molecule has 8 nitrogen and oxygen atoms in total. The first-order valence-corrected chi connectivity index (χ1v) is 7.16. The summed E-state index contributed by atoms with van der Waals surface area (Å²) < 4.78 is 31.5. The molecule has 0 unspecified atom stereocenters. The minimum atomic E-state index is -3.87. The summed E-state index contributed by atoms with van der Waals surface area (Å²) in [5, 5.41) is 10.8. The van der Waals surface area contributed by atoms with Gasteiger partial charge >= 0.3 is 0 Å². The topological polar surface area (TPSA) is 125 Å². The Labute approximate surface area is 117 Å². The highest BCUT2D eigenvalue weighted by atomic mass is 32.2. The molecular weight excluding hydrogens is 286 g/mol. The number of nitro groups is 1. The van der Waals surface area contributed by atoms with Crippen LogP contribution in [0.5, 0.6) is 0 Å². The standard InChI is InChI=1S/C11H17N3O5S/c1-11(2,19-3)7-13-20(17,18)8-4-5-9(12)10(6-8)14(15)16/h4-6,13H,7,12H2,1-3H3. The highest BCUT2D eigenvalue weighted by Crippen LogP contribution is 2.24. The maximum absolute atomic E-state index is 12.1. The van der Waals surface area contributed by atoms with E-state index in [1.165, 1.54) is 19.2 Å². The van der Waals surface area contributed by atoms with Gasteiger partial charge < -0.3 is 10.5 Å². The van der Waals surface area contributed by atoms with Gasteiger partial charge in [0.1, 0.15) is 5.69 Å². The van der Waals surface area contributed by atoms with Crippen LogP contribution in [0.4, 0.5) is 11.4 Å². The third-order valence-corrected chi connectivity index (χ3v) is 4.15. The molecule has 0 aromatic heterocycles. The van der Waals surface area contributed by atoms with Crippen molar-refractivity contribution >= 4 is 21.4 Å². The molecule has 0 aliphatic heterocycles. The third kappa shape index (κ3) is 3.89. The minimum absolute atomic E-state index is 0.0318. The Kier molecular flexibility index (Phi) is 4.69. The van der Waals surface area contributed by atoms with Crippen LogP contribution < -0.4 is 10.5 Å². The second-order valence-electron chi connectivity index (χ2n) is 4.77. The summed E-state index contributed by atoms with van der Waals surface area (Å²) in [6.07, 6.45) is 0. The molecule has 0 amide bonds. The lowest BCUT2D eigenvalue weighted by Crippen LogP contribution is -2.39. The van der Waals surface area contributed by atoms with Gasteiger partial charge in [-0.05, 0) is 26.0 Å². The molecule has 0 atom stereocenters. The predicted molar refractivity (Wildman–Crippen MR) is 73.8 cm³/mol. The number of sulfonamides is 1. The van der Waals surface area contributed by atoms with Crippen LogP contribution in [0.2, 0.25) is 0 Å². The minimum Gasteiger partial charge on any atom is -0.393 e. The van der Waals surface area contributed by atoms with Crippen molar-refractivity contribution in [3.63, 3.8) is 0 Å². The number of hydrogen-bond donors (Lipinski definition) is 2. The Hall–Kier alpha value is -1.71. The second kappa shape index (κ2) is 5.73. The molecule has 9 heteroatoms. The van der Waals surface area contributed by atoms with E-state index in [0.717, 1.165) is 6.07 Å². The Bertz CT molecular complexity index is 612. The van der Waals surface area contributed by atoms with Crippen molar-refractivity contribution in [3.8, 4) is 0 Å². The zero-order valence-corrected chi connectivity index (χ0v) is 12.2. The van der Waals surface area contributed by atoms with Gasteiger partial charge in [0.05, 0.1) is 15.4 Å². The van der Waals surface area contributed by atoms with E-state index in [1.807, 2.05) is 0 Å². The summed E-state index contributed by atoms with van der Waals surface area (Å²) in [5.74, 6) is 0. The summed E-state index contributed by atoms with van der Waals surface area (Å²) in [6, 6.07) is 3.33. The summed E-state index contributed by atoms with van der Waals surface area (Å²) in [5.41, 5.74) is 4.20. The van der Waals surface area contributed by atoms with Crippen molar-refractivity contribution in [2.45, 2.75) is 24.3 Å². The summed E-state index contributed by atoms with van der Waals surface area (Å²) in [4.78, 5) is 9.81. The SMILES string of the molecule is COC(C)(C)CNS(=O)(=O)c1ccc(N)c([N+](=O)[O-])c1. The van der Waals surface area contributed by atoms with Crippen LogP contribution in [0.25, 0.3) is 0 Å². The van der Waals surface area contributed by atoms with Crippen molar-refractivity contribution in [1.82, 2.24) is 4.72 Å². The molecular formula is C11H17N3O5S. The molecule has 0 spiro atoms. The molecule has 0 heterocycles. The van der Waals surface area contributed by atoms with Crippen LogP contribution in [0.15, 0.2) is 23.1 Å². The fourth-order valence-corrected chi connectivity index (χ4v) is 2.49. The molecule has 0 aliphatic rings. The number of nitrogen functional groups attached to an aromatic ring is 1. The molecule has 112 valence electrons. The molecule has 3 N–H and O–H groups in total. The maximum atomic E-state index is 12.1. The van der Waals surface area contributed by atoms with E-state index in [-0.39, 0.29) is 17.1 Å². The number of rotatable bonds is 6. The maximum Gasteiger partial charge on any atom is 0.293 e. The number of benzene rings is 1. The van der Waals surface area contributed by atoms with Crippen LogP contribution >= 0.6 is 0 Å². The number of ether oxygens (including phenoxy) is 1. The van der Waals surface area contributed by atoms with Crippen molar-refractivity contribution in [3.05, 3.63) is 28.3 Å². The van der Waals surface area contributed by atoms with E-state index >= 15 is 0 Å². The molecule has 0 saturated heterocycles. The van der Waals surface area contributed by atoms with Gasteiger partial charge in [-0.15, -0.1) is 0 Å². The normalized spacial score (nSPS) is 12.3. The summed E-state index contributed by atoms with van der Waals surface area (Å²) in [7, 11) is -2.41. The van der Waals surface area contributed by atoms with Gasteiger partial charge in [-0.3, -0.25) is 10.1 Å². The Balaban J connectivity index is 3.05. The van der Waals surface area contributed by atoms with Crippen molar-refractivity contribution in [2.24, 2.45) is 0 Å². The lowest BCUT2D eigenvalue weighted by molar-refractivity contribution is -0.384. The van der Waals surface area contributed by atoms with E-state index in [2.05, 4.69) is 4.72 Å². The van der Waals surface area contributed by atoms with Crippen LogP contribution in [-0.4, -0.2) is 32.6 Å². The smallest absolute Gasteiger partial charge is 0.293 e. The highest BCUT2D eigenvalue weighted by Gasteiger charge is 2.24. The highest BCUT2D eigenvalue weighted by molar-refractivity contribution is 7.89. The number of nitrogens with one attached hydrogen (secondary N) is 1. The molecule has 0 saturated carbocycles. The molecule has 0 aliphatic carbocycles. The predicted octanol–water partition coefficient (Wildman–Crippen LogP) is 0.880. The zero-order chi connectivity index (χ0) is 15.6. The van der Waals surface area contributed by atoms with E-state index in [4.69, 9.17) is 10.5 Å². The average molecular weight is 303 g/mol. The number of nitro benzene ring substituents is 1. The average Bonchev–Trinajstić information content (AvgIpc) is 2.36. The quantitative estimate of drug-likeness (QED) is 0.456. The van der Waals surface area contributed by atoms with Crippen molar-refractivity contribution < 1.29 is 18.1 Å². The van der Waals surface area contributed by atoms with Crippen LogP contribution in [0.3, 0.4) is 0 Å². The number of hydrogen-bond acceptors (Lipinski definition) is 6. The largest absolute Gasteiger partial charge is 0.393 e. The second-order valence-corrected chi connectivity index (χ2v) is 6.53. The van der Waals surface area contributed by atoms with Crippen molar-refractivity contribution in [1.29, 1.82) is 0 Å². The molecule has 1 rings (SSSR count). The summed E-state index contributed by atoms with van der Waals surface area (Å²) in [6.45, 7) is 3.45. The number of nitrogens with two attached hydrogens (primary N) is 1. The first-order chi connectivity index (χ1) is 9.09. The third-order valence-electron chi connectivity index (χ3n) is 2.75. The van der Waals surface area contributed by atoms with E-state index < -0.39 is 26.2 Å². The molecule has 1 aromatic rings. The molecule has 0 fully saturated rings. The number of nitrogens with zero attached hydrogens (tertiary/aromatic N) is 1. The van der Waals surface area contributed by atoms with Crippen LogP contribution in [0, 0.1) is 10.1 Å². The van der Waals surface area contributed by atoms with Gasteiger partial charge in [-0.25, -0.2) is 13.1 Å². The van der Waals surface area contributed by atoms with E-state index in [9.17, 15) is 18.5 Å². The zero-order valence-electron chi connectivity index (χ0n) is 11.4. The monoisotopic (exact) mass is 303 g/mol. The Morgan fingerprint density at radius 2 is 2.05 bits per heavy atom. The first-order valence-electron chi connectivity index (χ1n) is 5.68. The van der Waals surface area contributed by atoms with Gasteiger partial charge in [-0.2, -0.15) is 0 Å². The van der Waals surface area contributed by atoms with Gasteiger partial charge in [0, 0.05) is 19.7 Å². The van der Waals surface area contributed by atoms with Gasteiger partial charge in [0.2, 0.25) is 10.0 Å². The van der Waals surface area contributed by atoms with Crippen molar-refractivity contribution in [2.75, 3.05) is 19.4 Å². The Morgan fingerprint density at radius 3 is 2.55 bits per heavy atom. The number of anilines is 1. The van der Waals surface area contributed by atoms with Gasteiger partial charge in [0.25, 0.3) is 5.69 Å². The Morgan fingerprint density at radius 1 is 1.45 bits per heavy atom. The fraction of sp³-hybridized carbons (Fsp3) is 0.455. The molecule has 0 radical (unpaired) electrons. The van der Waals surface area contributed by atoms with Gasteiger partial charge in [-0.1, -0.05) is 0 Å². The van der Waals surface area contributed by atoms with Crippen LogP contribution in [-0.2, 0) is 14.8 Å². The van der Waals surface area contributed by atoms with E-state index in [1.54, 1.807) is 13.8 Å². The van der Waals surface area contributed by atoms with Gasteiger partial charge in [0.15, 0.2) is 0 Å². The fourth-order valence-electron chi connectivity index (χ4n) is 1.27. The molecule has 0 bridgehead atoms. The lowest BCUT2D eigenvalue weighted by atomic mass is 10.1. The molecule has 1 aromatic carbocycles. The van der Waals surface area contributed by atoms with E-state index in [0.29, 0.717) is 0 Å². The number of methoxy groups -OCH3 is 1. The first kappa shape index (κ1) is 16.3. The van der Waals surface area contributed by atoms with Crippen LogP contribution in [0.1, 0.15) is 13.8 Å². The molecule has 20 heavy (non-hydrogen) atoms. The lowest BCUT2D eigenvalue weighted by Gasteiger charge is -2.23.